The van der Waals surface area contributed by atoms with Crippen LogP contribution in [0.25, 0.3) is 11.5 Å². The minimum absolute atomic E-state index is 0.215. The summed E-state index contributed by atoms with van der Waals surface area (Å²) in [5.41, 5.74) is 0.962. The van der Waals surface area contributed by atoms with E-state index in [0.717, 1.165) is 0 Å². The second-order valence-electron chi connectivity index (χ2n) is 4.57. The van der Waals surface area contributed by atoms with Crippen LogP contribution in [0, 0.1) is 0 Å². The normalized spacial score (nSPS) is 10.8. The Morgan fingerprint density at radius 1 is 1.35 bits per heavy atom. The lowest BCUT2D eigenvalue weighted by molar-refractivity contribution is 0.397. The Morgan fingerprint density at radius 3 is 2.85 bits per heavy atom. The Bertz CT molecular complexity index is 639. The van der Waals surface area contributed by atoms with Gasteiger partial charge in [-0.15, -0.1) is 0 Å². The summed E-state index contributed by atoms with van der Waals surface area (Å²) in [7, 11) is 1.52. The summed E-state index contributed by atoms with van der Waals surface area (Å²) in [4.78, 5) is 26.7. The van der Waals surface area contributed by atoms with E-state index in [-0.39, 0.29) is 5.56 Å². The third-order valence-corrected chi connectivity index (χ3v) is 2.58. The molecule has 0 unspecified atom stereocenters. The third-order valence-electron chi connectivity index (χ3n) is 2.58. The minimum atomic E-state index is -0.215. The lowest BCUT2D eigenvalue weighted by Crippen LogP contribution is -2.24. The van der Waals surface area contributed by atoms with Crippen molar-refractivity contribution in [2.75, 3.05) is 7.11 Å². The van der Waals surface area contributed by atoms with Crippen LogP contribution in [0.5, 0.6) is 5.88 Å². The maximum Gasteiger partial charge on any atom is 0.251 e. The summed E-state index contributed by atoms with van der Waals surface area (Å²) in [6, 6.07) is 3.41. The average molecular weight is 275 g/mol. The Labute approximate surface area is 116 Å². The fraction of sp³-hybridized carbons (Fsp3) is 0.385. The van der Waals surface area contributed by atoms with Gasteiger partial charge in [0.05, 0.1) is 12.8 Å². The molecule has 0 saturated heterocycles. The van der Waals surface area contributed by atoms with E-state index < -0.39 is 0 Å². The molecular formula is C13H17N5O2. The largest absolute Gasteiger partial charge is 0.481 e. The van der Waals surface area contributed by atoms with E-state index >= 15 is 0 Å². The summed E-state index contributed by atoms with van der Waals surface area (Å²) in [6.07, 6.45) is 1.37. The van der Waals surface area contributed by atoms with Gasteiger partial charge in [0.15, 0.2) is 5.82 Å². The molecule has 0 aliphatic carbocycles. The van der Waals surface area contributed by atoms with Gasteiger partial charge >= 0.3 is 0 Å². The zero-order valence-electron chi connectivity index (χ0n) is 11.7. The lowest BCUT2D eigenvalue weighted by Gasteiger charge is -2.08. The number of H-pyrrole nitrogens is 1. The summed E-state index contributed by atoms with van der Waals surface area (Å²) < 4.78 is 5.03. The van der Waals surface area contributed by atoms with Gasteiger partial charge in [-0.25, -0.2) is 15.0 Å². The van der Waals surface area contributed by atoms with Crippen LogP contribution in [0.15, 0.2) is 23.3 Å². The number of nitrogens with one attached hydrogen (secondary N) is 2. The molecule has 0 bridgehead atoms. The Morgan fingerprint density at radius 2 is 2.15 bits per heavy atom. The molecule has 2 rings (SSSR count). The number of rotatable bonds is 5. The molecule has 0 radical (unpaired) electrons. The average Bonchev–Trinajstić information content (AvgIpc) is 2.44. The van der Waals surface area contributed by atoms with Crippen molar-refractivity contribution in [2.45, 2.75) is 26.4 Å². The summed E-state index contributed by atoms with van der Waals surface area (Å²) in [5.74, 6) is 0.821. The molecule has 0 spiro atoms. The highest BCUT2D eigenvalue weighted by molar-refractivity contribution is 5.49. The first-order chi connectivity index (χ1) is 9.58. The quantitative estimate of drug-likeness (QED) is 0.835. The standard InChI is InChI=1S/C13H17N5O2/c1-8(2)14-6-9-4-11(19)18-13(17-9)10-5-12(20-3)16-7-15-10/h4-5,7-8,14H,6H2,1-3H3,(H,17,18,19). The highest BCUT2D eigenvalue weighted by Crippen LogP contribution is 2.14. The van der Waals surface area contributed by atoms with E-state index in [2.05, 4.69) is 25.3 Å². The molecule has 7 heteroatoms. The van der Waals surface area contributed by atoms with Crippen molar-refractivity contribution in [3.8, 4) is 17.4 Å². The van der Waals surface area contributed by atoms with Gasteiger partial charge in [0.2, 0.25) is 5.88 Å². The summed E-state index contributed by atoms with van der Waals surface area (Å²) >= 11 is 0. The number of hydrogen-bond donors (Lipinski definition) is 2. The van der Waals surface area contributed by atoms with Gasteiger partial charge in [-0.3, -0.25) is 4.79 Å². The molecular weight excluding hydrogens is 258 g/mol. The van der Waals surface area contributed by atoms with Gasteiger partial charge in [0.25, 0.3) is 5.56 Å². The molecule has 2 heterocycles. The summed E-state index contributed by atoms with van der Waals surface area (Å²) in [6.45, 7) is 4.59. The van der Waals surface area contributed by atoms with Crippen molar-refractivity contribution in [2.24, 2.45) is 0 Å². The van der Waals surface area contributed by atoms with Crippen LogP contribution in [-0.4, -0.2) is 33.1 Å². The van der Waals surface area contributed by atoms with Crippen LogP contribution in [-0.2, 0) is 6.54 Å². The topological polar surface area (TPSA) is 92.8 Å². The van der Waals surface area contributed by atoms with Gasteiger partial charge in [-0.2, -0.15) is 0 Å². The highest BCUT2D eigenvalue weighted by atomic mass is 16.5. The van der Waals surface area contributed by atoms with Crippen molar-refractivity contribution < 1.29 is 4.74 Å². The lowest BCUT2D eigenvalue weighted by atomic mass is 10.3. The van der Waals surface area contributed by atoms with E-state index in [9.17, 15) is 4.79 Å². The van der Waals surface area contributed by atoms with E-state index in [4.69, 9.17) is 4.74 Å². The minimum Gasteiger partial charge on any atom is -0.481 e. The van der Waals surface area contributed by atoms with Crippen molar-refractivity contribution in [1.29, 1.82) is 0 Å². The molecule has 2 aromatic heterocycles. The Balaban J connectivity index is 2.33. The zero-order chi connectivity index (χ0) is 14.5. The number of aromatic amines is 1. The number of methoxy groups -OCH3 is 1. The number of nitrogens with zero attached hydrogens (tertiary/aromatic N) is 3. The molecule has 7 nitrogen and oxygen atoms in total. The second-order valence-corrected chi connectivity index (χ2v) is 4.57. The van der Waals surface area contributed by atoms with Crippen LogP contribution >= 0.6 is 0 Å². The van der Waals surface area contributed by atoms with E-state index in [0.29, 0.717) is 35.7 Å². The molecule has 2 aromatic rings. The fourth-order valence-corrected chi connectivity index (χ4v) is 1.61. The molecule has 0 aliphatic heterocycles. The molecule has 0 fully saturated rings. The fourth-order valence-electron chi connectivity index (χ4n) is 1.61. The van der Waals surface area contributed by atoms with Gasteiger partial charge in [-0.1, -0.05) is 13.8 Å². The third kappa shape index (κ3) is 3.61. The number of hydrogen-bond acceptors (Lipinski definition) is 6. The molecule has 0 amide bonds. The van der Waals surface area contributed by atoms with Gasteiger partial charge in [0.1, 0.15) is 12.0 Å². The monoisotopic (exact) mass is 275 g/mol. The smallest absolute Gasteiger partial charge is 0.251 e. The van der Waals surface area contributed by atoms with Crippen LogP contribution in [0.2, 0.25) is 0 Å². The first kappa shape index (κ1) is 14.1. The molecule has 0 aromatic carbocycles. The predicted octanol–water partition coefficient (Wildman–Crippen LogP) is 0.733. The molecule has 0 atom stereocenters. The Kier molecular flexibility index (Phi) is 4.41. The first-order valence-electron chi connectivity index (χ1n) is 6.28. The molecule has 106 valence electrons. The van der Waals surface area contributed by atoms with Crippen molar-refractivity contribution in [3.05, 3.63) is 34.5 Å². The predicted molar refractivity (Wildman–Crippen MR) is 74.4 cm³/mol. The van der Waals surface area contributed by atoms with Crippen LogP contribution < -0.4 is 15.6 Å². The maximum atomic E-state index is 11.7. The SMILES string of the molecule is COc1cc(-c2nc(CNC(C)C)cc(=O)[nH]2)ncn1. The second kappa shape index (κ2) is 6.25. The van der Waals surface area contributed by atoms with Crippen LogP contribution in [0.3, 0.4) is 0 Å². The van der Waals surface area contributed by atoms with Crippen LogP contribution in [0.4, 0.5) is 0 Å². The van der Waals surface area contributed by atoms with Crippen molar-refractivity contribution in [1.82, 2.24) is 25.3 Å². The first-order valence-corrected chi connectivity index (χ1v) is 6.28. The number of ether oxygens (including phenoxy) is 1. The van der Waals surface area contributed by atoms with Gasteiger partial charge in [0, 0.05) is 24.7 Å². The van der Waals surface area contributed by atoms with Crippen LogP contribution in [0.1, 0.15) is 19.5 Å². The molecule has 0 saturated carbocycles. The van der Waals surface area contributed by atoms with E-state index in [1.807, 2.05) is 13.8 Å². The maximum absolute atomic E-state index is 11.7. The van der Waals surface area contributed by atoms with Crippen molar-refractivity contribution in [3.63, 3.8) is 0 Å². The highest BCUT2D eigenvalue weighted by Gasteiger charge is 2.07. The molecule has 20 heavy (non-hydrogen) atoms. The van der Waals surface area contributed by atoms with E-state index in [1.165, 1.54) is 19.5 Å². The number of aromatic nitrogens is 4. The van der Waals surface area contributed by atoms with Gasteiger partial charge < -0.3 is 15.0 Å². The zero-order valence-corrected chi connectivity index (χ0v) is 11.7. The molecule has 0 aliphatic rings. The molecule has 2 N–H and O–H groups in total. The van der Waals surface area contributed by atoms with E-state index in [1.54, 1.807) is 6.07 Å². The van der Waals surface area contributed by atoms with Gasteiger partial charge in [-0.05, 0) is 0 Å². The summed E-state index contributed by atoms with van der Waals surface area (Å²) in [5, 5.41) is 3.22. The Hall–Kier alpha value is -2.28. The van der Waals surface area contributed by atoms with Crippen molar-refractivity contribution >= 4 is 0 Å².